The van der Waals surface area contributed by atoms with E-state index >= 15 is 0 Å². The van der Waals surface area contributed by atoms with Crippen molar-refractivity contribution < 1.29 is 9.53 Å². The molecule has 1 aromatic carbocycles. The summed E-state index contributed by atoms with van der Waals surface area (Å²) in [5.41, 5.74) is 0.942. The van der Waals surface area contributed by atoms with E-state index in [1.54, 1.807) is 0 Å². The Morgan fingerprint density at radius 3 is 2.53 bits per heavy atom. The number of carbonyl (C=O) groups excluding carboxylic acids is 1. The maximum Gasteiger partial charge on any atom is 0.414 e. The number of amides is 1. The quantitative estimate of drug-likeness (QED) is 0.798. The lowest BCUT2D eigenvalue weighted by Crippen LogP contribution is -2.39. The third-order valence-electron chi connectivity index (χ3n) is 3.19. The van der Waals surface area contributed by atoms with Crippen molar-refractivity contribution in [1.82, 2.24) is 0 Å². The summed E-state index contributed by atoms with van der Waals surface area (Å²) >= 11 is 0. The van der Waals surface area contributed by atoms with Gasteiger partial charge in [-0.25, -0.2) is 4.79 Å². The van der Waals surface area contributed by atoms with Gasteiger partial charge in [0.1, 0.15) is 0 Å². The third kappa shape index (κ3) is 2.78. The summed E-state index contributed by atoms with van der Waals surface area (Å²) in [6.45, 7) is 2.27. The highest BCUT2D eigenvalue weighted by atomic mass is 16.6. The van der Waals surface area contributed by atoms with Crippen LogP contribution in [0.25, 0.3) is 0 Å². The Kier molecular flexibility index (Phi) is 4.02. The molecule has 1 aliphatic carbocycles. The number of rotatable bonds is 3. The van der Waals surface area contributed by atoms with Gasteiger partial charge in [0.15, 0.2) is 0 Å². The maximum absolute atomic E-state index is 12.0. The van der Waals surface area contributed by atoms with Crippen molar-refractivity contribution in [2.24, 2.45) is 0 Å². The van der Waals surface area contributed by atoms with Crippen LogP contribution in [-0.4, -0.2) is 18.7 Å². The lowest BCUT2D eigenvalue weighted by molar-refractivity contribution is 0.157. The fourth-order valence-corrected chi connectivity index (χ4v) is 2.41. The minimum Gasteiger partial charge on any atom is -0.449 e. The van der Waals surface area contributed by atoms with Gasteiger partial charge in [-0.05, 0) is 31.9 Å². The van der Waals surface area contributed by atoms with Gasteiger partial charge in [-0.15, -0.1) is 0 Å². The summed E-state index contributed by atoms with van der Waals surface area (Å²) in [7, 11) is 0. The molecule has 92 valence electrons. The first-order valence-electron chi connectivity index (χ1n) is 6.34. The van der Waals surface area contributed by atoms with Gasteiger partial charge in [0, 0.05) is 11.7 Å². The number of hydrogen-bond acceptors (Lipinski definition) is 2. The van der Waals surface area contributed by atoms with Crippen LogP contribution in [0.1, 0.15) is 32.6 Å². The van der Waals surface area contributed by atoms with Crippen molar-refractivity contribution in [2.45, 2.75) is 38.6 Å². The average molecular weight is 233 g/mol. The van der Waals surface area contributed by atoms with Gasteiger partial charge in [0.05, 0.1) is 6.61 Å². The van der Waals surface area contributed by atoms with Gasteiger partial charge in [-0.2, -0.15) is 0 Å². The molecular formula is C14H19NO2. The Bertz CT molecular complexity index is 358. The second kappa shape index (κ2) is 5.71. The highest BCUT2D eigenvalue weighted by Gasteiger charge is 2.28. The van der Waals surface area contributed by atoms with Gasteiger partial charge in [0.25, 0.3) is 0 Å². The molecule has 1 fully saturated rings. The number of anilines is 1. The van der Waals surface area contributed by atoms with E-state index in [4.69, 9.17) is 4.74 Å². The molecule has 0 bridgehead atoms. The summed E-state index contributed by atoms with van der Waals surface area (Å²) in [6.07, 6.45) is 4.34. The zero-order valence-electron chi connectivity index (χ0n) is 10.3. The van der Waals surface area contributed by atoms with Gasteiger partial charge in [-0.3, -0.25) is 4.90 Å². The van der Waals surface area contributed by atoms with E-state index in [1.165, 1.54) is 12.8 Å². The topological polar surface area (TPSA) is 29.5 Å². The van der Waals surface area contributed by atoms with Crippen molar-refractivity contribution in [1.29, 1.82) is 0 Å². The van der Waals surface area contributed by atoms with Crippen LogP contribution in [0.2, 0.25) is 0 Å². The molecule has 1 aliphatic rings. The Morgan fingerprint density at radius 1 is 1.29 bits per heavy atom. The summed E-state index contributed by atoms with van der Waals surface area (Å²) in [5.74, 6) is 0. The molecule has 2 rings (SSSR count). The predicted molar refractivity (Wildman–Crippen MR) is 68.2 cm³/mol. The normalized spacial score (nSPS) is 15.8. The molecule has 17 heavy (non-hydrogen) atoms. The molecule has 0 spiro atoms. The van der Waals surface area contributed by atoms with Crippen LogP contribution >= 0.6 is 0 Å². The van der Waals surface area contributed by atoms with Crippen molar-refractivity contribution in [2.75, 3.05) is 11.5 Å². The predicted octanol–water partition coefficient (Wildman–Crippen LogP) is 3.59. The van der Waals surface area contributed by atoms with Crippen LogP contribution in [-0.2, 0) is 4.74 Å². The number of hydrogen-bond donors (Lipinski definition) is 0. The van der Waals surface area contributed by atoms with E-state index in [1.807, 2.05) is 42.2 Å². The van der Waals surface area contributed by atoms with Crippen LogP contribution in [0, 0.1) is 0 Å². The van der Waals surface area contributed by atoms with Crippen molar-refractivity contribution >= 4 is 11.8 Å². The largest absolute Gasteiger partial charge is 0.449 e. The standard InChI is InChI=1S/C14H19NO2/c1-2-17-14(16)15(13-10-6-7-11-13)12-8-4-3-5-9-12/h3-5,8-9,13H,2,6-7,10-11H2,1H3. The fraction of sp³-hybridized carbons (Fsp3) is 0.500. The molecule has 1 amide bonds. The Morgan fingerprint density at radius 2 is 1.94 bits per heavy atom. The van der Waals surface area contributed by atoms with Crippen LogP contribution in [0.4, 0.5) is 10.5 Å². The van der Waals surface area contributed by atoms with Gasteiger partial charge >= 0.3 is 6.09 Å². The molecule has 0 radical (unpaired) electrons. The van der Waals surface area contributed by atoms with E-state index in [0.29, 0.717) is 12.6 Å². The zero-order chi connectivity index (χ0) is 12.1. The lowest BCUT2D eigenvalue weighted by atomic mass is 10.2. The van der Waals surface area contributed by atoms with E-state index in [-0.39, 0.29) is 6.09 Å². The molecule has 3 heteroatoms. The average Bonchev–Trinajstić information content (AvgIpc) is 2.85. The molecule has 0 saturated heterocycles. The van der Waals surface area contributed by atoms with Crippen LogP contribution in [0.15, 0.2) is 30.3 Å². The number of nitrogens with zero attached hydrogens (tertiary/aromatic N) is 1. The molecular weight excluding hydrogens is 214 g/mol. The molecule has 1 saturated carbocycles. The Balaban J connectivity index is 2.20. The minimum atomic E-state index is -0.217. The second-order valence-corrected chi connectivity index (χ2v) is 4.34. The molecule has 3 nitrogen and oxygen atoms in total. The van der Waals surface area contributed by atoms with Crippen molar-refractivity contribution in [3.63, 3.8) is 0 Å². The first-order valence-corrected chi connectivity index (χ1v) is 6.34. The molecule has 0 aliphatic heterocycles. The summed E-state index contributed by atoms with van der Waals surface area (Å²) in [4.78, 5) is 13.9. The van der Waals surface area contributed by atoms with E-state index in [9.17, 15) is 4.79 Å². The van der Waals surface area contributed by atoms with Crippen LogP contribution in [0.5, 0.6) is 0 Å². The monoisotopic (exact) mass is 233 g/mol. The Hall–Kier alpha value is -1.51. The lowest BCUT2D eigenvalue weighted by Gasteiger charge is -2.28. The molecule has 0 heterocycles. The van der Waals surface area contributed by atoms with Crippen molar-refractivity contribution in [3.8, 4) is 0 Å². The van der Waals surface area contributed by atoms with E-state index < -0.39 is 0 Å². The molecule has 0 atom stereocenters. The van der Waals surface area contributed by atoms with E-state index in [0.717, 1.165) is 18.5 Å². The number of carbonyl (C=O) groups is 1. The van der Waals surface area contributed by atoms with Gasteiger partial charge < -0.3 is 4.74 Å². The summed E-state index contributed by atoms with van der Waals surface area (Å²) in [5, 5.41) is 0. The third-order valence-corrected chi connectivity index (χ3v) is 3.19. The molecule has 0 N–H and O–H groups in total. The van der Waals surface area contributed by atoms with Crippen LogP contribution in [0.3, 0.4) is 0 Å². The minimum absolute atomic E-state index is 0.217. The first kappa shape index (κ1) is 12.0. The highest BCUT2D eigenvalue weighted by Crippen LogP contribution is 2.28. The molecule has 1 aromatic rings. The summed E-state index contributed by atoms with van der Waals surface area (Å²) in [6, 6.07) is 10.1. The fourth-order valence-electron chi connectivity index (χ4n) is 2.41. The van der Waals surface area contributed by atoms with Gasteiger partial charge in [0.2, 0.25) is 0 Å². The zero-order valence-corrected chi connectivity index (χ0v) is 10.3. The van der Waals surface area contributed by atoms with Gasteiger partial charge in [-0.1, -0.05) is 31.0 Å². The highest BCUT2D eigenvalue weighted by molar-refractivity contribution is 5.88. The number of ether oxygens (including phenoxy) is 1. The number of para-hydroxylation sites is 1. The Labute approximate surface area is 102 Å². The number of benzene rings is 1. The first-order chi connectivity index (χ1) is 8.33. The SMILES string of the molecule is CCOC(=O)N(c1ccccc1)C1CCCC1. The summed E-state index contributed by atoms with van der Waals surface area (Å²) < 4.78 is 5.16. The molecule has 0 aromatic heterocycles. The van der Waals surface area contributed by atoms with Crippen LogP contribution < -0.4 is 4.90 Å². The molecule has 0 unspecified atom stereocenters. The maximum atomic E-state index is 12.0. The van der Waals surface area contributed by atoms with Crippen molar-refractivity contribution in [3.05, 3.63) is 30.3 Å². The smallest absolute Gasteiger partial charge is 0.414 e. The second-order valence-electron chi connectivity index (χ2n) is 4.34. The van der Waals surface area contributed by atoms with E-state index in [2.05, 4.69) is 0 Å².